The van der Waals surface area contributed by atoms with Crippen molar-refractivity contribution in [3.63, 3.8) is 0 Å². The van der Waals surface area contributed by atoms with Gasteiger partial charge < -0.3 is 14.7 Å². The Balaban J connectivity index is 1.61. The number of hydrogen-bond donors (Lipinski definition) is 1. The van der Waals surface area contributed by atoms with Crippen LogP contribution in [-0.4, -0.2) is 23.7 Å². The minimum absolute atomic E-state index is 0.0987. The summed E-state index contributed by atoms with van der Waals surface area (Å²) in [6.07, 6.45) is 2.19. The van der Waals surface area contributed by atoms with E-state index in [4.69, 9.17) is 9.84 Å². The lowest BCUT2D eigenvalue weighted by atomic mass is 10.1. The van der Waals surface area contributed by atoms with Crippen LogP contribution in [0.5, 0.6) is 5.75 Å². The average molecular weight is 325 g/mol. The third-order valence-corrected chi connectivity index (χ3v) is 4.44. The zero-order valence-electron chi connectivity index (χ0n) is 13.9. The van der Waals surface area contributed by atoms with Crippen molar-refractivity contribution in [3.8, 4) is 5.75 Å². The number of aryl methyl sites for hydroxylation is 1. The van der Waals surface area contributed by atoms with E-state index in [0.29, 0.717) is 6.61 Å². The second kappa shape index (κ2) is 7.39. The van der Waals surface area contributed by atoms with Crippen molar-refractivity contribution >= 4 is 11.7 Å². The molecule has 1 saturated heterocycles. The molecule has 1 heterocycles. The molecule has 0 spiro atoms. The number of carboxylic acids is 1. The van der Waals surface area contributed by atoms with Crippen molar-refractivity contribution in [1.82, 2.24) is 0 Å². The number of ether oxygens (including phenoxy) is 1. The summed E-state index contributed by atoms with van der Waals surface area (Å²) >= 11 is 0. The van der Waals surface area contributed by atoms with Gasteiger partial charge in [0, 0.05) is 18.3 Å². The van der Waals surface area contributed by atoms with Crippen LogP contribution < -0.4 is 9.64 Å². The SMILES string of the molecule is Cc1cccc(COc2ccc(N3CCC[C@H]3CC(=O)O)cc2)c1. The maximum atomic E-state index is 11.0. The summed E-state index contributed by atoms with van der Waals surface area (Å²) in [6.45, 7) is 3.54. The fourth-order valence-corrected chi connectivity index (χ4v) is 3.29. The minimum Gasteiger partial charge on any atom is -0.489 e. The van der Waals surface area contributed by atoms with Gasteiger partial charge in [-0.15, -0.1) is 0 Å². The summed E-state index contributed by atoms with van der Waals surface area (Å²) in [5, 5.41) is 9.03. The maximum Gasteiger partial charge on any atom is 0.305 e. The number of hydrogen-bond acceptors (Lipinski definition) is 3. The number of carboxylic acid groups (broad SMARTS) is 1. The third kappa shape index (κ3) is 4.07. The molecule has 1 aliphatic rings. The minimum atomic E-state index is -0.731. The Kier molecular flexibility index (Phi) is 5.04. The first-order valence-electron chi connectivity index (χ1n) is 8.38. The van der Waals surface area contributed by atoms with E-state index in [1.54, 1.807) is 0 Å². The molecule has 3 rings (SSSR count). The summed E-state index contributed by atoms with van der Waals surface area (Å²) < 4.78 is 5.84. The van der Waals surface area contributed by atoms with E-state index in [-0.39, 0.29) is 12.5 Å². The van der Waals surface area contributed by atoms with Crippen LogP contribution >= 0.6 is 0 Å². The Morgan fingerprint density at radius 3 is 2.75 bits per heavy atom. The van der Waals surface area contributed by atoms with E-state index >= 15 is 0 Å². The molecule has 2 aromatic rings. The predicted molar refractivity (Wildman–Crippen MR) is 94.6 cm³/mol. The highest BCUT2D eigenvalue weighted by molar-refractivity contribution is 5.69. The van der Waals surface area contributed by atoms with Crippen molar-refractivity contribution < 1.29 is 14.6 Å². The van der Waals surface area contributed by atoms with E-state index in [2.05, 4.69) is 30.0 Å². The van der Waals surface area contributed by atoms with E-state index in [9.17, 15) is 4.79 Å². The first-order valence-corrected chi connectivity index (χ1v) is 8.38. The number of aliphatic carboxylic acids is 1. The smallest absolute Gasteiger partial charge is 0.305 e. The first kappa shape index (κ1) is 16.4. The lowest BCUT2D eigenvalue weighted by Crippen LogP contribution is -2.31. The summed E-state index contributed by atoms with van der Waals surface area (Å²) in [6, 6.07) is 16.3. The van der Waals surface area contributed by atoms with Gasteiger partial charge in [-0.2, -0.15) is 0 Å². The molecule has 1 aliphatic heterocycles. The Bertz CT molecular complexity index is 696. The molecule has 24 heavy (non-hydrogen) atoms. The molecule has 0 bridgehead atoms. The Morgan fingerprint density at radius 2 is 2.04 bits per heavy atom. The monoisotopic (exact) mass is 325 g/mol. The molecule has 0 saturated carbocycles. The zero-order valence-corrected chi connectivity index (χ0v) is 13.9. The molecule has 4 nitrogen and oxygen atoms in total. The van der Waals surface area contributed by atoms with E-state index in [1.807, 2.05) is 30.3 Å². The van der Waals surface area contributed by atoms with Gasteiger partial charge in [-0.3, -0.25) is 4.79 Å². The van der Waals surface area contributed by atoms with Crippen molar-refractivity contribution in [2.75, 3.05) is 11.4 Å². The fourth-order valence-electron chi connectivity index (χ4n) is 3.29. The van der Waals surface area contributed by atoms with Crippen molar-refractivity contribution in [2.45, 2.75) is 38.8 Å². The van der Waals surface area contributed by atoms with Gasteiger partial charge in [0.2, 0.25) is 0 Å². The van der Waals surface area contributed by atoms with Crippen molar-refractivity contribution in [3.05, 3.63) is 59.7 Å². The second-order valence-corrected chi connectivity index (χ2v) is 6.36. The summed E-state index contributed by atoms with van der Waals surface area (Å²) in [7, 11) is 0. The standard InChI is InChI=1S/C20H23NO3/c1-15-4-2-5-16(12-15)14-24-19-9-7-17(8-10-19)21-11-3-6-18(21)13-20(22)23/h2,4-5,7-10,12,18H,3,6,11,13-14H2,1H3,(H,22,23)/t18-/m0/s1. The number of nitrogens with zero attached hydrogens (tertiary/aromatic N) is 1. The molecule has 1 atom stereocenters. The molecular formula is C20H23NO3. The fraction of sp³-hybridized carbons (Fsp3) is 0.350. The first-order chi connectivity index (χ1) is 11.6. The second-order valence-electron chi connectivity index (χ2n) is 6.36. The van der Waals surface area contributed by atoms with Crippen LogP contribution in [0.3, 0.4) is 0 Å². The third-order valence-electron chi connectivity index (χ3n) is 4.44. The van der Waals surface area contributed by atoms with Crippen LogP contribution in [-0.2, 0) is 11.4 Å². The average Bonchev–Trinajstić information content (AvgIpc) is 3.01. The van der Waals surface area contributed by atoms with Gasteiger partial charge in [0.25, 0.3) is 0 Å². The molecule has 1 N–H and O–H groups in total. The molecule has 0 unspecified atom stereocenters. The molecule has 2 aromatic carbocycles. The van der Waals surface area contributed by atoms with Gasteiger partial charge in [0.15, 0.2) is 0 Å². The van der Waals surface area contributed by atoms with Crippen LogP contribution in [0, 0.1) is 6.92 Å². The van der Waals surface area contributed by atoms with E-state index in [0.717, 1.165) is 36.4 Å². The quantitative estimate of drug-likeness (QED) is 0.871. The van der Waals surface area contributed by atoms with Crippen LogP contribution in [0.15, 0.2) is 48.5 Å². The van der Waals surface area contributed by atoms with Gasteiger partial charge in [0.05, 0.1) is 6.42 Å². The van der Waals surface area contributed by atoms with E-state index < -0.39 is 5.97 Å². The maximum absolute atomic E-state index is 11.0. The van der Waals surface area contributed by atoms with Gasteiger partial charge in [-0.25, -0.2) is 0 Å². The Hall–Kier alpha value is -2.49. The topological polar surface area (TPSA) is 49.8 Å². The normalized spacial score (nSPS) is 17.0. The van der Waals surface area contributed by atoms with E-state index in [1.165, 1.54) is 5.56 Å². The summed E-state index contributed by atoms with van der Waals surface area (Å²) in [4.78, 5) is 13.2. The zero-order chi connectivity index (χ0) is 16.9. The van der Waals surface area contributed by atoms with Crippen LogP contribution in [0.2, 0.25) is 0 Å². The van der Waals surface area contributed by atoms with Gasteiger partial charge in [-0.1, -0.05) is 29.8 Å². The van der Waals surface area contributed by atoms with Crippen LogP contribution in [0.25, 0.3) is 0 Å². The highest BCUT2D eigenvalue weighted by Gasteiger charge is 2.26. The molecule has 0 aliphatic carbocycles. The highest BCUT2D eigenvalue weighted by Crippen LogP contribution is 2.29. The van der Waals surface area contributed by atoms with Crippen LogP contribution in [0.1, 0.15) is 30.4 Å². The molecule has 4 heteroatoms. The number of anilines is 1. The Labute approximate surface area is 142 Å². The van der Waals surface area contributed by atoms with Crippen molar-refractivity contribution in [2.24, 2.45) is 0 Å². The molecule has 0 amide bonds. The molecule has 1 fully saturated rings. The largest absolute Gasteiger partial charge is 0.489 e. The molecule has 0 aromatic heterocycles. The molecule has 0 radical (unpaired) electrons. The lowest BCUT2D eigenvalue weighted by Gasteiger charge is -2.25. The Morgan fingerprint density at radius 1 is 1.25 bits per heavy atom. The highest BCUT2D eigenvalue weighted by atomic mass is 16.5. The van der Waals surface area contributed by atoms with Crippen LogP contribution in [0.4, 0.5) is 5.69 Å². The van der Waals surface area contributed by atoms with Crippen molar-refractivity contribution in [1.29, 1.82) is 0 Å². The summed E-state index contributed by atoms with van der Waals surface area (Å²) in [5.41, 5.74) is 3.45. The predicted octanol–water partition coefficient (Wildman–Crippen LogP) is 4.02. The number of carbonyl (C=O) groups is 1. The number of rotatable bonds is 6. The molecule has 126 valence electrons. The van der Waals surface area contributed by atoms with Gasteiger partial charge in [0.1, 0.15) is 12.4 Å². The summed E-state index contributed by atoms with van der Waals surface area (Å²) in [5.74, 6) is 0.0965. The molecular weight excluding hydrogens is 302 g/mol. The van der Waals surface area contributed by atoms with Gasteiger partial charge in [-0.05, 0) is 49.6 Å². The lowest BCUT2D eigenvalue weighted by molar-refractivity contribution is -0.137. The van der Waals surface area contributed by atoms with Gasteiger partial charge >= 0.3 is 5.97 Å². The number of benzene rings is 2.